The van der Waals surface area contributed by atoms with Crippen molar-refractivity contribution in [3.05, 3.63) is 47.3 Å². The van der Waals surface area contributed by atoms with E-state index in [0.717, 1.165) is 29.1 Å². The van der Waals surface area contributed by atoms with Crippen LogP contribution in [0.4, 0.5) is 0 Å². The van der Waals surface area contributed by atoms with Crippen LogP contribution in [0.5, 0.6) is 0 Å². The van der Waals surface area contributed by atoms with Gasteiger partial charge < -0.3 is 10.6 Å². The minimum Gasteiger partial charge on any atom is -0.356 e. The Kier molecular flexibility index (Phi) is 8.68. The highest BCUT2D eigenvalue weighted by molar-refractivity contribution is 14.0. The van der Waals surface area contributed by atoms with Gasteiger partial charge in [0.25, 0.3) is 0 Å². The Hall–Kier alpha value is -1.66. The zero-order valence-corrected chi connectivity index (χ0v) is 21.1. The molecular weight excluding hydrogens is 515 g/mol. The lowest BCUT2D eigenvalue weighted by atomic mass is 10.1. The van der Waals surface area contributed by atoms with Crippen molar-refractivity contribution in [2.45, 2.75) is 26.8 Å². The van der Waals surface area contributed by atoms with Crippen LogP contribution in [0.3, 0.4) is 0 Å². The number of nitrogens with zero attached hydrogens (tertiary/aromatic N) is 4. The molecule has 2 heterocycles. The number of halogens is 1. The van der Waals surface area contributed by atoms with E-state index in [4.69, 9.17) is 0 Å². The molecule has 0 aliphatic carbocycles. The lowest BCUT2D eigenvalue weighted by Gasteiger charge is -2.17. The first-order valence-electron chi connectivity index (χ1n) is 9.79. The third-order valence-corrected chi connectivity index (χ3v) is 6.44. The molecule has 2 aromatic rings. The molecule has 1 aromatic carbocycles. The molecule has 0 radical (unpaired) electrons. The van der Waals surface area contributed by atoms with E-state index in [1.54, 1.807) is 11.4 Å². The molecule has 1 fully saturated rings. The molecule has 1 aliphatic rings. The van der Waals surface area contributed by atoms with Crippen LogP contribution in [-0.4, -0.2) is 61.4 Å². The molecule has 0 saturated carbocycles. The Morgan fingerprint density at radius 1 is 1.27 bits per heavy atom. The molecule has 1 atom stereocenters. The second-order valence-corrected chi connectivity index (χ2v) is 9.53. The maximum absolute atomic E-state index is 11.7. The third kappa shape index (κ3) is 6.17. The summed E-state index contributed by atoms with van der Waals surface area (Å²) in [5.74, 6) is 0.983. The Morgan fingerprint density at radius 2 is 2.00 bits per heavy atom. The number of guanidine groups is 1. The molecule has 2 N–H and O–H groups in total. The highest BCUT2D eigenvalue weighted by Crippen LogP contribution is 2.18. The van der Waals surface area contributed by atoms with E-state index in [1.807, 2.05) is 30.7 Å². The number of benzene rings is 1. The summed E-state index contributed by atoms with van der Waals surface area (Å²) in [6.07, 6.45) is 2.13. The van der Waals surface area contributed by atoms with E-state index in [-0.39, 0.29) is 29.9 Å². The van der Waals surface area contributed by atoms with Gasteiger partial charge in [0.05, 0.1) is 17.6 Å². The van der Waals surface area contributed by atoms with Gasteiger partial charge in [0, 0.05) is 38.9 Å². The minimum atomic E-state index is -3.11. The van der Waals surface area contributed by atoms with Crippen LogP contribution in [0.1, 0.15) is 23.4 Å². The van der Waals surface area contributed by atoms with E-state index in [9.17, 15) is 8.42 Å². The normalized spacial score (nSPS) is 17.6. The van der Waals surface area contributed by atoms with Crippen LogP contribution in [0, 0.1) is 19.8 Å². The first-order chi connectivity index (χ1) is 13.8. The van der Waals surface area contributed by atoms with Crippen molar-refractivity contribution in [3.8, 4) is 5.69 Å². The van der Waals surface area contributed by atoms with Gasteiger partial charge >= 0.3 is 0 Å². The maximum atomic E-state index is 11.7. The quantitative estimate of drug-likeness (QED) is 0.329. The largest absolute Gasteiger partial charge is 0.356 e. The number of sulfonamides is 1. The van der Waals surface area contributed by atoms with E-state index in [0.29, 0.717) is 32.1 Å². The van der Waals surface area contributed by atoms with Gasteiger partial charge in [0.15, 0.2) is 5.96 Å². The average molecular weight is 546 g/mol. The summed E-state index contributed by atoms with van der Waals surface area (Å²) in [6.45, 7) is 6.48. The molecule has 1 saturated heterocycles. The summed E-state index contributed by atoms with van der Waals surface area (Å²) in [5, 5.41) is 11.3. The fraction of sp³-hybridized carbons (Fsp3) is 0.500. The van der Waals surface area contributed by atoms with Gasteiger partial charge in [-0.3, -0.25) is 4.99 Å². The first-order valence-corrected chi connectivity index (χ1v) is 11.6. The molecular formula is C20H31IN6O2S. The van der Waals surface area contributed by atoms with Gasteiger partial charge in [0.1, 0.15) is 0 Å². The van der Waals surface area contributed by atoms with Crippen LogP contribution >= 0.6 is 24.0 Å². The van der Waals surface area contributed by atoms with E-state index in [2.05, 4.69) is 38.9 Å². The summed E-state index contributed by atoms with van der Waals surface area (Å²) >= 11 is 0. The van der Waals surface area contributed by atoms with Crippen molar-refractivity contribution >= 4 is 40.0 Å². The zero-order valence-electron chi connectivity index (χ0n) is 17.9. The number of rotatable bonds is 6. The molecule has 0 amide bonds. The number of nitrogens with one attached hydrogen (secondary N) is 2. The Balaban J connectivity index is 0.00000320. The number of para-hydroxylation sites is 1. The smallest absolute Gasteiger partial charge is 0.211 e. The van der Waals surface area contributed by atoms with Crippen molar-refractivity contribution in [1.82, 2.24) is 24.7 Å². The predicted molar refractivity (Wildman–Crippen MR) is 131 cm³/mol. The number of aromatic nitrogens is 2. The van der Waals surface area contributed by atoms with E-state index < -0.39 is 10.0 Å². The number of hydrogen-bond donors (Lipinski definition) is 2. The van der Waals surface area contributed by atoms with Gasteiger partial charge in [0.2, 0.25) is 10.0 Å². The van der Waals surface area contributed by atoms with Crippen LogP contribution in [0.2, 0.25) is 0 Å². The molecule has 0 bridgehead atoms. The van der Waals surface area contributed by atoms with Gasteiger partial charge in [-0.05, 0) is 43.9 Å². The Morgan fingerprint density at radius 3 is 2.60 bits per heavy atom. The fourth-order valence-corrected chi connectivity index (χ4v) is 4.56. The molecule has 1 aliphatic heterocycles. The second kappa shape index (κ2) is 10.6. The van der Waals surface area contributed by atoms with Crippen molar-refractivity contribution in [2.24, 2.45) is 10.9 Å². The molecule has 0 spiro atoms. The van der Waals surface area contributed by atoms with Gasteiger partial charge in [-0.1, -0.05) is 18.2 Å². The highest BCUT2D eigenvalue weighted by atomic mass is 127. The zero-order chi connectivity index (χ0) is 21.0. The molecule has 3 rings (SSSR count). The summed E-state index contributed by atoms with van der Waals surface area (Å²) in [6, 6.07) is 10.2. The minimum absolute atomic E-state index is 0. The Bertz CT molecular complexity index is 989. The lowest BCUT2D eigenvalue weighted by Crippen LogP contribution is -2.40. The van der Waals surface area contributed by atoms with Crippen LogP contribution in [-0.2, 0) is 16.6 Å². The number of aryl methyl sites for hydroxylation is 2. The maximum Gasteiger partial charge on any atom is 0.211 e. The second-order valence-electron chi connectivity index (χ2n) is 7.55. The average Bonchev–Trinajstić information content (AvgIpc) is 3.28. The van der Waals surface area contributed by atoms with Crippen molar-refractivity contribution in [3.63, 3.8) is 0 Å². The molecule has 10 heteroatoms. The lowest BCUT2D eigenvalue weighted by molar-refractivity contribution is 0.459. The van der Waals surface area contributed by atoms with Crippen LogP contribution in [0.25, 0.3) is 5.69 Å². The number of hydrogen-bond acceptors (Lipinski definition) is 4. The number of aliphatic imine (C=N–C) groups is 1. The summed E-state index contributed by atoms with van der Waals surface area (Å²) < 4.78 is 26.8. The van der Waals surface area contributed by atoms with Crippen molar-refractivity contribution in [2.75, 3.05) is 32.9 Å². The third-order valence-electron chi connectivity index (χ3n) is 5.18. The monoisotopic (exact) mass is 546 g/mol. The van der Waals surface area contributed by atoms with Crippen LogP contribution < -0.4 is 10.6 Å². The summed E-state index contributed by atoms with van der Waals surface area (Å²) in [7, 11) is -1.37. The fourth-order valence-electron chi connectivity index (χ4n) is 3.65. The molecule has 8 nitrogen and oxygen atoms in total. The van der Waals surface area contributed by atoms with E-state index >= 15 is 0 Å². The summed E-state index contributed by atoms with van der Waals surface area (Å²) in [4.78, 5) is 4.30. The van der Waals surface area contributed by atoms with Crippen molar-refractivity contribution in [1.29, 1.82) is 0 Å². The van der Waals surface area contributed by atoms with Gasteiger partial charge in [-0.25, -0.2) is 17.4 Å². The molecule has 166 valence electrons. The van der Waals surface area contributed by atoms with Crippen LogP contribution in [0.15, 0.2) is 35.3 Å². The summed E-state index contributed by atoms with van der Waals surface area (Å²) in [5.41, 5.74) is 4.24. The molecule has 1 aromatic heterocycles. The molecule has 30 heavy (non-hydrogen) atoms. The highest BCUT2D eigenvalue weighted by Gasteiger charge is 2.28. The molecule has 1 unspecified atom stereocenters. The standard InChI is InChI=1S/C20H30N6O2S.HI/c1-15-11-16(2)26(24-15)19-8-6-5-7-18(19)13-23-20(21-3)22-12-17-9-10-25(14-17)29(4,27)28;/h5-8,11,17H,9-10,12-14H2,1-4H3,(H2,21,22,23);1H. The van der Waals surface area contributed by atoms with Crippen molar-refractivity contribution < 1.29 is 8.42 Å². The first kappa shape index (κ1) is 24.6. The predicted octanol–water partition coefficient (Wildman–Crippen LogP) is 2.05. The van der Waals surface area contributed by atoms with Gasteiger partial charge in [-0.15, -0.1) is 24.0 Å². The van der Waals surface area contributed by atoms with Gasteiger partial charge in [-0.2, -0.15) is 5.10 Å². The van der Waals surface area contributed by atoms with E-state index in [1.165, 1.54) is 6.26 Å². The topological polar surface area (TPSA) is 91.6 Å². The Labute approximate surface area is 196 Å². The SMILES string of the molecule is CN=C(NCc1ccccc1-n1nc(C)cc1C)NCC1CCN(S(C)(=O)=O)C1.I.